The highest BCUT2D eigenvalue weighted by atomic mass is 35.5. The number of aliphatic hydroxyl groups excluding tert-OH is 1. The summed E-state index contributed by atoms with van der Waals surface area (Å²) in [6.07, 6.45) is 3.41. The van der Waals surface area contributed by atoms with Crippen molar-refractivity contribution in [2.45, 2.75) is 17.7 Å². The molecule has 0 spiro atoms. The van der Waals surface area contributed by atoms with E-state index in [1.165, 1.54) is 0 Å². The van der Waals surface area contributed by atoms with Gasteiger partial charge in [0.1, 0.15) is 0 Å². The quantitative estimate of drug-likeness (QED) is 0.619. The molecule has 0 aliphatic heterocycles. The lowest BCUT2D eigenvalue weighted by atomic mass is 10.2. The molecule has 0 atom stereocenters. The van der Waals surface area contributed by atoms with Gasteiger partial charge in [-0.1, -0.05) is 11.6 Å². The molecule has 3 nitrogen and oxygen atoms in total. The number of amides is 1. The number of unbranched alkanes of at least 4 members (excludes halogenated alkanes) is 1. The summed E-state index contributed by atoms with van der Waals surface area (Å²) in [5.41, 5.74) is 0.502. The molecule has 0 bridgehead atoms. The van der Waals surface area contributed by atoms with E-state index >= 15 is 0 Å². The van der Waals surface area contributed by atoms with Gasteiger partial charge in [0, 0.05) is 18.0 Å². The van der Waals surface area contributed by atoms with Crippen LogP contribution in [-0.2, 0) is 0 Å². The fourth-order valence-electron chi connectivity index (χ4n) is 1.34. The number of aliphatic hydroxyl groups is 1. The van der Waals surface area contributed by atoms with Crippen molar-refractivity contribution in [1.29, 1.82) is 0 Å². The van der Waals surface area contributed by atoms with E-state index in [2.05, 4.69) is 5.32 Å². The van der Waals surface area contributed by atoms with Crippen molar-refractivity contribution in [2.75, 3.05) is 19.4 Å². The Morgan fingerprint density at radius 2 is 2.24 bits per heavy atom. The van der Waals surface area contributed by atoms with Crippen molar-refractivity contribution >= 4 is 29.3 Å². The van der Waals surface area contributed by atoms with Crippen molar-refractivity contribution in [3.8, 4) is 0 Å². The third kappa shape index (κ3) is 4.58. The summed E-state index contributed by atoms with van der Waals surface area (Å²) in [6, 6.07) is 5.40. The van der Waals surface area contributed by atoms with Gasteiger partial charge in [0.05, 0.1) is 10.6 Å². The lowest BCUT2D eigenvalue weighted by molar-refractivity contribution is 0.0952. The lowest BCUT2D eigenvalue weighted by Gasteiger charge is -2.07. The van der Waals surface area contributed by atoms with E-state index < -0.39 is 0 Å². The van der Waals surface area contributed by atoms with E-state index in [1.807, 2.05) is 12.3 Å². The zero-order valence-electron chi connectivity index (χ0n) is 9.70. The smallest absolute Gasteiger partial charge is 0.252 e. The summed E-state index contributed by atoms with van der Waals surface area (Å²) in [5.74, 6) is -0.163. The molecule has 0 heterocycles. The Labute approximate surface area is 111 Å². The molecule has 1 rings (SSSR count). The van der Waals surface area contributed by atoms with E-state index in [9.17, 15) is 4.79 Å². The van der Waals surface area contributed by atoms with Crippen molar-refractivity contribution in [2.24, 2.45) is 0 Å². The van der Waals surface area contributed by atoms with Gasteiger partial charge < -0.3 is 10.4 Å². The second-order valence-corrected chi connectivity index (χ2v) is 4.82. The minimum atomic E-state index is -0.163. The van der Waals surface area contributed by atoms with Crippen molar-refractivity contribution in [3.63, 3.8) is 0 Å². The minimum Gasteiger partial charge on any atom is -0.396 e. The predicted molar refractivity (Wildman–Crippen MR) is 71.9 cm³/mol. The number of hydrogen-bond donors (Lipinski definition) is 2. The highest BCUT2D eigenvalue weighted by Gasteiger charge is 2.10. The van der Waals surface area contributed by atoms with Crippen LogP contribution in [0.3, 0.4) is 0 Å². The molecule has 17 heavy (non-hydrogen) atoms. The summed E-state index contributed by atoms with van der Waals surface area (Å²) in [7, 11) is 0. The molecule has 0 saturated carbocycles. The summed E-state index contributed by atoms with van der Waals surface area (Å²) in [4.78, 5) is 12.8. The molecular weight excluding hydrogens is 258 g/mol. The second-order valence-electron chi connectivity index (χ2n) is 3.53. The van der Waals surface area contributed by atoms with Crippen molar-refractivity contribution in [1.82, 2.24) is 5.32 Å². The molecule has 0 aliphatic rings. The molecule has 0 aromatic heterocycles. The van der Waals surface area contributed by atoms with Crippen molar-refractivity contribution in [3.05, 3.63) is 28.8 Å². The number of hydrogen-bond acceptors (Lipinski definition) is 3. The zero-order chi connectivity index (χ0) is 12.7. The highest BCUT2D eigenvalue weighted by Crippen LogP contribution is 2.22. The monoisotopic (exact) mass is 273 g/mol. The van der Waals surface area contributed by atoms with Gasteiger partial charge in [0.2, 0.25) is 0 Å². The van der Waals surface area contributed by atoms with Gasteiger partial charge in [-0.05, 0) is 37.3 Å². The highest BCUT2D eigenvalue weighted by molar-refractivity contribution is 7.98. The van der Waals surface area contributed by atoms with Gasteiger partial charge in [-0.15, -0.1) is 11.8 Å². The molecule has 1 aromatic rings. The topological polar surface area (TPSA) is 49.3 Å². The Morgan fingerprint density at radius 1 is 1.47 bits per heavy atom. The summed E-state index contributed by atoms with van der Waals surface area (Å²) >= 11 is 7.55. The summed E-state index contributed by atoms with van der Waals surface area (Å²) in [5, 5.41) is 11.9. The van der Waals surface area contributed by atoms with E-state index in [1.54, 1.807) is 23.9 Å². The van der Waals surface area contributed by atoms with Crippen LogP contribution >= 0.6 is 23.4 Å². The first-order chi connectivity index (χ1) is 8.19. The number of rotatable bonds is 6. The first-order valence-corrected chi connectivity index (χ1v) is 7.02. The number of carbonyl (C=O) groups is 1. The van der Waals surface area contributed by atoms with Crippen LogP contribution in [-0.4, -0.2) is 30.4 Å². The van der Waals surface area contributed by atoms with E-state index in [0.29, 0.717) is 23.6 Å². The van der Waals surface area contributed by atoms with E-state index in [4.69, 9.17) is 16.7 Å². The average molecular weight is 274 g/mol. The normalized spacial score (nSPS) is 10.3. The van der Waals surface area contributed by atoms with Crippen LogP contribution in [0.15, 0.2) is 23.1 Å². The maximum Gasteiger partial charge on any atom is 0.252 e. The van der Waals surface area contributed by atoms with Crippen LogP contribution in [0, 0.1) is 0 Å². The molecule has 1 aromatic carbocycles. The molecule has 0 aliphatic carbocycles. The SMILES string of the molecule is CSc1ccc(Cl)c(C(=O)NCCCCO)c1. The maximum atomic E-state index is 11.8. The Hall–Kier alpha value is -0.710. The largest absolute Gasteiger partial charge is 0.396 e. The Bertz CT molecular complexity index is 385. The van der Waals surface area contributed by atoms with Crippen molar-refractivity contribution < 1.29 is 9.90 Å². The number of carbonyl (C=O) groups excluding carboxylic acids is 1. The molecule has 0 fully saturated rings. The van der Waals surface area contributed by atoms with E-state index in [-0.39, 0.29) is 12.5 Å². The Morgan fingerprint density at radius 3 is 2.88 bits per heavy atom. The van der Waals surface area contributed by atoms with Gasteiger partial charge in [0.25, 0.3) is 5.91 Å². The standard InChI is InChI=1S/C12H16ClNO2S/c1-17-9-4-5-11(13)10(8-9)12(16)14-6-2-3-7-15/h4-5,8,15H,2-3,6-7H2,1H3,(H,14,16). The molecule has 2 N–H and O–H groups in total. The van der Waals surface area contributed by atoms with E-state index in [0.717, 1.165) is 11.3 Å². The van der Waals surface area contributed by atoms with Gasteiger partial charge in [-0.25, -0.2) is 0 Å². The van der Waals surface area contributed by atoms with Gasteiger partial charge in [-0.2, -0.15) is 0 Å². The fourth-order valence-corrected chi connectivity index (χ4v) is 1.98. The summed E-state index contributed by atoms with van der Waals surface area (Å²) < 4.78 is 0. The lowest BCUT2D eigenvalue weighted by Crippen LogP contribution is -2.24. The van der Waals surface area contributed by atoms with Crippen LogP contribution in [0.25, 0.3) is 0 Å². The van der Waals surface area contributed by atoms with Crippen LogP contribution in [0.5, 0.6) is 0 Å². The van der Waals surface area contributed by atoms with Crippen LogP contribution in [0.4, 0.5) is 0 Å². The number of benzene rings is 1. The molecule has 94 valence electrons. The molecule has 0 saturated heterocycles. The second kappa shape index (κ2) is 7.58. The predicted octanol–water partition coefficient (Wildman–Crippen LogP) is 2.56. The first-order valence-electron chi connectivity index (χ1n) is 5.41. The maximum absolute atomic E-state index is 11.8. The minimum absolute atomic E-state index is 0.151. The third-order valence-electron chi connectivity index (χ3n) is 2.29. The van der Waals surface area contributed by atoms with Gasteiger partial charge >= 0.3 is 0 Å². The Kier molecular flexibility index (Phi) is 6.40. The van der Waals surface area contributed by atoms with Crippen LogP contribution in [0.1, 0.15) is 23.2 Å². The number of thioether (sulfide) groups is 1. The number of halogens is 1. The van der Waals surface area contributed by atoms with Gasteiger partial charge in [-0.3, -0.25) is 4.79 Å². The first kappa shape index (κ1) is 14.4. The molecule has 5 heteroatoms. The van der Waals surface area contributed by atoms with Crippen LogP contribution < -0.4 is 5.32 Å². The number of nitrogens with one attached hydrogen (secondary N) is 1. The average Bonchev–Trinajstić information content (AvgIpc) is 2.35. The molecular formula is C12H16ClNO2S. The summed E-state index contributed by atoms with van der Waals surface area (Å²) in [6.45, 7) is 0.706. The Balaban J connectivity index is 2.61. The molecule has 0 unspecified atom stereocenters. The fraction of sp³-hybridized carbons (Fsp3) is 0.417. The third-order valence-corrected chi connectivity index (χ3v) is 3.34. The molecule has 1 amide bonds. The van der Waals surface area contributed by atoms with Gasteiger partial charge in [0.15, 0.2) is 0 Å². The zero-order valence-corrected chi connectivity index (χ0v) is 11.3. The van der Waals surface area contributed by atoms with Crippen LogP contribution in [0.2, 0.25) is 5.02 Å². The molecule has 0 radical (unpaired) electrons.